The average Bonchev–Trinajstić information content (AvgIpc) is 3.27. The number of aliphatic hydroxyl groups is 1. The molecule has 4 aromatic rings. The van der Waals surface area contributed by atoms with Gasteiger partial charge < -0.3 is 15.0 Å². The molecule has 5 rings (SSSR count). The van der Waals surface area contributed by atoms with Crippen LogP contribution in [0.5, 0.6) is 0 Å². The van der Waals surface area contributed by atoms with Gasteiger partial charge in [0, 0.05) is 42.3 Å². The molecule has 162 valence electrons. The van der Waals surface area contributed by atoms with E-state index >= 15 is 0 Å². The van der Waals surface area contributed by atoms with Crippen LogP contribution in [-0.2, 0) is 12.0 Å². The fourth-order valence-corrected chi connectivity index (χ4v) is 5.00. The van der Waals surface area contributed by atoms with Crippen LogP contribution >= 0.6 is 0 Å². The van der Waals surface area contributed by atoms with Gasteiger partial charge in [0.15, 0.2) is 5.78 Å². The molecule has 4 heteroatoms. The van der Waals surface area contributed by atoms with Gasteiger partial charge >= 0.3 is 0 Å². The first-order valence-electron chi connectivity index (χ1n) is 11.3. The zero-order chi connectivity index (χ0) is 22.0. The lowest BCUT2D eigenvalue weighted by atomic mass is 9.72. The van der Waals surface area contributed by atoms with Crippen LogP contribution < -0.4 is 0 Å². The summed E-state index contributed by atoms with van der Waals surface area (Å²) in [7, 11) is 0. The van der Waals surface area contributed by atoms with Gasteiger partial charge in [0.1, 0.15) is 5.60 Å². The SMILES string of the molecule is O=C(c1ccccc1)[C@H]1CN(CCc2c[nH]c3ccccc23)CC[C@]1(O)c1ccccc1. The summed E-state index contributed by atoms with van der Waals surface area (Å²) in [4.78, 5) is 19.2. The highest BCUT2D eigenvalue weighted by Gasteiger charge is 2.46. The predicted molar refractivity (Wildman–Crippen MR) is 128 cm³/mol. The first-order valence-corrected chi connectivity index (χ1v) is 11.3. The molecule has 1 saturated heterocycles. The molecule has 0 aliphatic carbocycles. The zero-order valence-corrected chi connectivity index (χ0v) is 18.1. The number of ketones is 1. The second-order valence-corrected chi connectivity index (χ2v) is 8.73. The molecular weight excluding hydrogens is 396 g/mol. The number of hydrogen-bond acceptors (Lipinski definition) is 3. The summed E-state index contributed by atoms with van der Waals surface area (Å²) in [6.45, 7) is 2.15. The maximum Gasteiger partial charge on any atom is 0.170 e. The first kappa shape index (κ1) is 20.7. The molecule has 1 fully saturated rings. The molecule has 3 aromatic carbocycles. The quantitative estimate of drug-likeness (QED) is 0.437. The molecule has 0 bridgehead atoms. The highest BCUT2D eigenvalue weighted by atomic mass is 16.3. The average molecular weight is 425 g/mol. The number of piperidine rings is 1. The van der Waals surface area contributed by atoms with Crippen molar-refractivity contribution in [1.82, 2.24) is 9.88 Å². The minimum Gasteiger partial charge on any atom is -0.384 e. The Bertz CT molecular complexity index is 1200. The number of likely N-dealkylation sites (tertiary alicyclic amines) is 1. The molecule has 0 amide bonds. The van der Waals surface area contributed by atoms with Gasteiger partial charge in [-0.3, -0.25) is 4.79 Å². The summed E-state index contributed by atoms with van der Waals surface area (Å²) in [6.07, 6.45) is 3.52. The summed E-state index contributed by atoms with van der Waals surface area (Å²) in [6, 6.07) is 27.4. The number of carbonyl (C=O) groups is 1. The maximum atomic E-state index is 13.6. The fraction of sp³-hybridized carbons (Fsp3) is 0.250. The number of nitrogens with one attached hydrogen (secondary N) is 1. The Labute approximate surface area is 188 Å². The number of carbonyl (C=O) groups excluding carboxylic acids is 1. The van der Waals surface area contributed by atoms with Crippen LogP contribution in [-0.4, -0.2) is 40.4 Å². The topological polar surface area (TPSA) is 56.3 Å². The lowest BCUT2D eigenvalue weighted by molar-refractivity contribution is -0.0639. The molecule has 2 heterocycles. The third kappa shape index (κ3) is 3.88. The van der Waals surface area contributed by atoms with Crippen LogP contribution in [0.25, 0.3) is 10.9 Å². The van der Waals surface area contributed by atoms with Crippen molar-refractivity contribution in [3.8, 4) is 0 Å². The summed E-state index contributed by atoms with van der Waals surface area (Å²) >= 11 is 0. The number of hydrogen-bond donors (Lipinski definition) is 2. The maximum absolute atomic E-state index is 13.6. The van der Waals surface area contributed by atoms with Gasteiger partial charge in [0.25, 0.3) is 0 Å². The van der Waals surface area contributed by atoms with Crippen molar-refractivity contribution in [2.24, 2.45) is 5.92 Å². The van der Waals surface area contributed by atoms with E-state index in [4.69, 9.17) is 0 Å². The highest BCUT2D eigenvalue weighted by Crippen LogP contribution is 2.39. The van der Waals surface area contributed by atoms with Crippen molar-refractivity contribution >= 4 is 16.7 Å². The number of fused-ring (bicyclic) bond motifs is 1. The Morgan fingerprint density at radius 1 is 0.969 bits per heavy atom. The molecule has 0 unspecified atom stereocenters. The van der Waals surface area contributed by atoms with Crippen LogP contribution in [0.3, 0.4) is 0 Å². The molecule has 2 atom stereocenters. The van der Waals surface area contributed by atoms with E-state index in [9.17, 15) is 9.90 Å². The van der Waals surface area contributed by atoms with E-state index < -0.39 is 11.5 Å². The molecule has 1 aromatic heterocycles. The number of H-pyrrole nitrogens is 1. The van der Waals surface area contributed by atoms with Gasteiger partial charge in [-0.05, 0) is 30.0 Å². The molecule has 0 radical (unpaired) electrons. The Hall–Kier alpha value is -3.21. The smallest absolute Gasteiger partial charge is 0.170 e. The van der Waals surface area contributed by atoms with Crippen molar-refractivity contribution in [2.45, 2.75) is 18.4 Å². The molecule has 1 aliphatic rings. The molecular formula is C28H28N2O2. The van der Waals surface area contributed by atoms with Gasteiger partial charge in [-0.2, -0.15) is 0 Å². The van der Waals surface area contributed by atoms with Crippen molar-refractivity contribution in [3.05, 3.63) is 108 Å². The zero-order valence-electron chi connectivity index (χ0n) is 18.1. The van der Waals surface area contributed by atoms with Crippen molar-refractivity contribution < 1.29 is 9.90 Å². The van der Waals surface area contributed by atoms with Gasteiger partial charge in [-0.1, -0.05) is 78.9 Å². The Balaban J connectivity index is 1.39. The van der Waals surface area contributed by atoms with Crippen molar-refractivity contribution in [1.29, 1.82) is 0 Å². The standard InChI is InChI=1S/C28H28N2O2/c31-27(21-9-3-1-4-10-21)25-20-30(18-16-28(25,32)23-11-5-2-6-12-23)17-15-22-19-29-26-14-8-7-13-24(22)26/h1-14,19,25,29,32H,15-18,20H2/t25-,28+/m1/s1. The third-order valence-electron chi connectivity index (χ3n) is 6.85. The minimum atomic E-state index is -1.16. The highest BCUT2D eigenvalue weighted by molar-refractivity contribution is 5.99. The van der Waals surface area contributed by atoms with Crippen LogP contribution in [0.2, 0.25) is 0 Å². The summed E-state index contributed by atoms with van der Waals surface area (Å²) in [5, 5.41) is 13.0. The van der Waals surface area contributed by atoms with Crippen LogP contribution in [0, 0.1) is 5.92 Å². The second kappa shape index (κ2) is 8.73. The van der Waals surface area contributed by atoms with E-state index in [1.165, 1.54) is 10.9 Å². The van der Waals surface area contributed by atoms with Crippen molar-refractivity contribution in [3.63, 3.8) is 0 Å². The van der Waals surface area contributed by atoms with E-state index in [2.05, 4.69) is 34.3 Å². The Morgan fingerprint density at radius 3 is 2.44 bits per heavy atom. The molecule has 4 nitrogen and oxygen atoms in total. The largest absolute Gasteiger partial charge is 0.384 e. The number of benzene rings is 3. The summed E-state index contributed by atoms with van der Waals surface area (Å²) < 4.78 is 0. The summed E-state index contributed by atoms with van der Waals surface area (Å²) in [5.41, 5.74) is 2.76. The lowest BCUT2D eigenvalue weighted by Gasteiger charge is -2.44. The monoisotopic (exact) mass is 424 g/mol. The molecule has 32 heavy (non-hydrogen) atoms. The normalized spacial score (nSPS) is 21.6. The molecule has 0 spiro atoms. The number of para-hydroxylation sites is 1. The number of aromatic nitrogens is 1. The van der Waals surface area contributed by atoms with Gasteiger partial charge in [-0.25, -0.2) is 0 Å². The van der Waals surface area contributed by atoms with E-state index in [0.717, 1.165) is 30.6 Å². The second-order valence-electron chi connectivity index (χ2n) is 8.73. The van der Waals surface area contributed by atoms with Crippen LogP contribution in [0.15, 0.2) is 91.1 Å². The number of aromatic amines is 1. The van der Waals surface area contributed by atoms with Gasteiger partial charge in [0.2, 0.25) is 0 Å². The van der Waals surface area contributed by atoms with Crippen molar-refractivity contribution in [2.75, 3.05) is 19.6 Å². The molecule has 0 saturated carbocycles. The fourth-order valence-electron chi connectivity index (χ4n) is 5.00. The van der Waals surface area contributed by atoms with Gasteiger partial charge in [0.05, 0.1) is 5.92 Å². The van der Waals surface area contributed by atoms with E-state index in [1.807, 2.05) is 66.7 Å². The number of nitrogens with zero attached hydrogens (tertiary/aromatic N) is 1. The van der Waals surface area contributed by atoms with E-state index in [1.54, 1.807) is 0 Å². The molecule has 2 N–H and O–H groups in total. The number of rotatable bonds is 6. The third-order valence-corrected chi connectivity index (χ3v) is 6.85. The summed E-state index contributed by atoms with van der Waals surface area (Å²) in [5.74, 6) is -0.502. The van der Waals surface area contributed by atoms with Gasteiger partial charge in [-0.15, -0.1) is 0 Å². The first-order chi connectivity index (χ1) is 15.6. The van der Waals surface area contributed by atoms with Crippen LogP contribution in [0.1, 0.15) is 27.9 Å². The minimum absolute atomic E-state index is 0.00810. The Morgan fingerprint density at radius 2 is 1.66 bits per heavy atom. The van der Waals surface area contributed by atoms with Crippen LogP contribution in [0.4, 0.5) is 0 Å². The number of Topliss-reactive ketones (excluding diaryl/α,β-unsaturated/α-hetero) is 1. The van der Waals surface area contributed by atoms with E-state index in [0.29, 0.717) is 18.5 Å². The lowest BCUT2D eigenvalue weighted by Crippen LogP contribution is -2.53. The van der Waals surface area contributed by atoms with E-state index in [-0.39, 0.29) is 5.78 Å². The molecule has 1 aliphatic heterocycles. The predicted octanol–water partition coefficient (Wildman–Crippen LogP) is 4.80. The Kier molecular flexibility index (Phi) is 5.64.